The normalized spacial score (nSPS) is 12.2. The summed E-state index contributed by atoms with van der Waals surface area (Å²) in [5.41, 5.74) is 1.43. The lowest BCUT2D eigenvalue weighted by atomic mass is 10.2. The fourth-order valence-electron chi connectivity index (χ4n) is 1.59. The molecule has 0 radical (unpaired) electrons. The molecule has 1 heterocycles. The zero-order chi connectivity index (χ0) is 13.8. The van der Waals surface area contributed by atoms with Crippen LogP contribution in [0.15, 0.2) is 35.7 Å². The van der Waals surface area contributed by atoms with Crippen molar-refractivity contribution in [1.82, 2.24) is 9.88 Å². The predicted octanol–water partition coefficient (Wildman–Crippen LogP) is 2.26. The fourth-order valence-corrected chi connectivity index (χ4v) is 2.39. The maximum absolute atomic E-state index is 12.1. The second-order valence-electron chi connectivity index (χ2n) is 4.35. The average molecular weight is 276 g/mol. The summed E-state index contributed by atoms with van der Waals surface area (Å²) in [6.07, 6.45) is 0. The molecule has 4 nitrogen and oxygen atoms in total. The van der Waals surface area contributed by atoms with Gasteiger partial charge in [0.15, 0.2) is 0 Å². The van der Waals surface area contributed by atoms with Gasteiger partial charge in [0.05, 0.1) is 12.6 Å². The molecule has 1 N–H and O–H groups in total. The number of aliphatic hydroxyl groups is 1. The van der Waals surface area contributed by atoms with E-state index in [2.05, 4.69) is 4.98 Å². The molecule has 1 unspecified atom stereocenters. The van der Waals surface area contributed by atoms with Crippen LogP contribution in [0.3, 0.4) is 0 Å². The lowest BCUT2D eigenvalue weighted by molar-refractivity contribution is 0.0677. The van der Waals surface area contributed by atoms with Crippen LogP contribution in [0, 0.1) is 0 Å². The van der Waals surface area contributed by atoms with Crippen molar-refractivity contribution in [2.45, 2.75) is 13.0 Å². The van der Waals surface area contributed by atoms with Gasteiger partial charge in [-0.05, 0) is 6.92 Å². The third kappa shape index (κ3) is 3.00. The van der Waals surface area contributed by atoms with Crippen LogP contribution in [-0.4, -0.2) is 40.6 Å². The van der Waals surface area contributed by atoms with Crippen LogP contribution in [0.25, 0.3) is 10.6 Å². The van der Waals surface area contributed by atoms with Gasteiger partial charge < -0.3 is 10.0 Å². The molecule has 1 atom stereocenters. The van der Waals surface area contributed by atoms with Crippen molar-refractivity contribution in [3.05, 3.63) is 41.4 Å². The standard InChI is InChI=1S/C14H16N2O2S/c1-10(8-17)16(2)14(18)12-9-19-13(15-12)11-6-4-3-5-7-11/h3-7,9-10,17H,8H2,1-2H3. The van der Waals surface area contributed by atoms with E-state index >= 15 is 0 Å². The van der Waals surface area contributed by atoms with E-state index in [1.54, 1.807) is 19.4 Å². The number of aromatic nitrogens is 1. The molecule has 0 bridgehead atoms. The Labute approximate surface area is 116 Å². The zero-order valence-corrected chi connectivity index (χ0v) is 11.7. The Morgan fingerprint density at radius 3 is 2.74 bits per heavy atom. The molecule has 100 valence electrons. The van der Waals surface area contributed by atoms with Crippen molar-refractivity contribution in [3.8, 4) is 10.6 Å². The zero-order valence-electron chi connectivity index (χ0n) is 10.9. The molecule has 1 aromatic carbocycles. The Hall–Kier alpha value is -1.72. The lowest BCUT2D eigenvalue weighted by Gasteiger charge is -2.21. The number of aliphatic hydroxyl groups excluding tert-OH is 1. The summed E-state index contributed by atoms with van der Waals surface area (Å²) in [7, 11) is 1.67. The Morgan fingerprint density at radius 1 is 1.42 bits per heavy atom. The molecule has 2 aromatic rings. The van der Waals surface area contributed by atoms with Crippen molar-refractivity contribution in [2.24, 2.45) is 0 Å². The summed E-state index contributed by atoms with van der Waals surface area (Å²) in [5.74, 6) is -0.167. The number of amides is 1. The third-order valence-electron chi connectivity index (χ3n) is 2.99. The van der Waals surface area contributed by atoms with Crippen molar-refractivity contribution >= 4 is 17.2 Å². The highest BCUT2D eigenvalue weighted by Crippen LogP contribution is 2.23. The van der Waals surface area contributed by atoms with Gasteiger partial charge in [0.2, 0.25) is 0 Å². The number of benzene rings is 1. The van der Waals surface area contributed by atoms with Crippen LogP contribution >= 0.6 is 11.3 Å². The Balaban J connectivity index is 2.20. The Kier molecular flexibility index (Phi) is 4.29. The molecule has 0 aliphatic carbocycles. The van der Waals surface area contributed by atoms with Crippen LogP contribution in [0.1, 0.15) is 17.4 Å². The van der Waals surface area contributed by atoms with Gasteiger partial charge in [-0.25, -0.2) is 4.98 Å². The Bertz CT molecular complexity index is 554. The Morgan fingerprint density at radius 2 is 2.11 bits per heavy atom. The van der Waals surface area contributed by atoms with E-state index in [0.717, 1.165) is 10.6 Å². The van der Waals surface area contributed by atoms with E-state index in [1.165, 1.54) is 16.2 Å². The largest absolute Gasteiger partial charge is 0.394 e. The van der Waals surface area contributed by atoms with Crippen molar-refractivity contribution in [2.75, 3.05) is 13.7 Å². The number of nitrogens with zero attached hydrogens (tertiary/aromatic N) is 2. The second kappa shape index (κ2) is 5.95. The number of carbonyl (C=O) groups excluding carboxylic acids is 1. The number of thiazole rings is 1. The monoisotopic (exact) mass is 276 g/mol. The van der Waals surface area contributed by atoms with Crippen LogP contribution in [0.5, 0.6) is 0 Å². The minimum absolute atomic E-state index is 0.0576. The highest BCUT2D eigenvalue weighted by Gasteiger charge is 2.19. The van der Waals surface area contributed by atoms with Gasteiger partial charge in [-0.3, -0.25) is 4.79 Å². The predicted molar refractivity (Wildman–Crippen MR) is 76.2 cm³/mol. The van der Waals surface area contributed by atoms with Gasteiger partial charge >= 0.3 is 0 Å². The first-order valence-electron chi connectivity index (χ1n) is 6.02. The van der Waals surface area contributed by atoms with E-state index in [0.29, 0.717) is 5.69 Å². The molecule has 0 spiro atoms. The topological polar surface area (TPSA) is 53.4 Å². The van der Waals surface area contributed by atoms with Crippen LogP contribution < -0.4 is 0 Å². The van der Waals surface area contributed by atoms with Crippen LogP contribution in [0.4, 0.5) is 0 Å². The first-order valence-corrected chi connectivity index (χ1v) is 6.90. The third-order valence-corrected chi connectivity index (χ3v) is 3.88. The molecular formula is C14H16N2O2S. The molecule has 0 saturated heterocycles. The van der Waals surface area contributed by atoms with Crippen LogP contribution in [0.2, 0.25) is 0 Å². The summed E-state index contributed by atoms with van der Waals surface area (Å²) >= 11 is 1.45. The summed E-state index contributed by atoms with van der Waals surface area (Å²) < 4.78 is 0. The van der Waals surface area contributed by atoms with E-state index < -0.39 is 0 Å². The van der Waals surface area contributed by atoms with Gasteiger partial charge in [0.25, 0.3) is 5.91 Å². The summed E-state index contributed by atoms with van der Waals surface area (Å²) in [6.45, 7) is 1.74. The minimum Gasteiger partial charge on any atom is -0.394 e. The second-order valence-corrected chi connectivity index (χ2v) is 5.21. The molecule has 1 amide bonds. The highest BCUT2D eigenvalue weighted by atomic mass is 32.1. The van der Waals surface area contributed by atoms with Crippen molar-refractivity contribution in [1.29, 1.82) is 0 Å². The van der Waals surface area contributed by atoms with E-state index in [1.807, 2.05) is 30.3 Å². The molecular weight excluding hydrogens is 260 g/mol. The first-order chi connectivity index (χ1) is 9.13. The van der Waals surface area contributed by atoms with Gasteiger partial charge in [-0.15, -0.1) is 11.3 Å². The highest BCUT2D eigenvalue weighted by molar-refractivity contribution is 7.13. The molecule has 0 saturated carbocycles. The van der Waals surface area contributed by atoms with Gasteiger partial charge in [0.1, 0.15) is 10.7 Å². The molecule has 0 aliphatic heterocycles. The number of hydrogen-bond donors (Lipinski definition) is 1. The minimum atomic E-state index is -0.214. The van der Waals surface area contributed by atoms with Gasteiger partial charge in [-0.2, -0.15) is 0 Å². The average Bonchev–Trinajstić information content (AvgIpc) is 2.95. The van der Waals surface area contributed by atoms with Crippen LogP contribution in [-0.2, 0) is 0 Å². The first kappa shape index (κ1) is 13.7. The lowest BCUT2D eigenvalue weighted by Crippen LogP contribution is -2.37. The number of rotatable bonds is 4. The van der Waals surface area contributed by atoms with Crippen molar-refractivity contribution in [3.63, 3.8) is 0 Å². The van der Waals surface area contributed by atoms with E-state index in [-0.39, 0.29) is 18.6 Å². The van der Waals surface area contributed by atoms with E-state index in [4.69, 9.17) is 5.11 Å². The van der Waals surface area contributed by atoms with E-state index in [9.17, 15) is 4.79 Å². The maximum atomic E-state index is 12.1. The summed E-state index contributed by atoms with van der Waals surface area (Å²) in [5, 5.41) is 11.7. The SMILES string of the molecule is CC(CO)N(C)C(=O)c1csc(-c2ccccc2)n1. The molecule has 0 aliphatic rings. The molecule has 1 aromatic heterocycles. The number of hydrogen-bond acceptors (Lipinski definition) is 4. The smallest absolute Gasteiger partial charge is 0.273 e. The van der Waals surface area contributed by atoms with Gasteiger partial charge in [-0.1, -0.05) is 30.3 Å². The molecule has 2 rings (SSSR count). The molecule has 5 heteroatoms. The fraction of sp³-hybridized carbons (Fsp3) is 0.286. The maximum Gasteiger partial charge on any atom is 0.273 e. The molecule has 19 heavy (non-hydrogen) atoms. The summed E-state index contributed by atoms with van der Waals surface area (Å²) in [4.78, 5) is 18.0. The quantitative estimate of drug-likeness (QED) is 0.932. The summed E-state index contributed by atoms with van der Waals surface area (Å²) in [6, 6.07) is 9.55. The van der Waals surface area contributed by atoms with Gasteiger partial charge in [0, 0.05) is 18.0 Å². The van der Waals surface area contributed by atoms with Crippen molar-refractivity contribution < 1.29 is 9.90 Å². The number of likely N-dealkylation sites (N-methyl/N-ethyl adjacent to an activating group) is 1. The number of carbonyl (C=O) groups is 1. The molecule has 0 fully saturated rings.